The highest BCUT2D eigenvalue weighted by molar-refractivity contribution is 7.92. The number of hydrogen-bond donors (Lipinski definition) is 0. The third-order valence-electron chi connectivity index (χ3n) is 8.06. The van der Waals surface area contributed by atoms with E-state index in [1.54, 1.807) is 59.4 Å². The average Bonchev–Trinajstić information content (AvgIpc) is 3.34. The Kier molecular flexibility index (Phi) is 6.02. The first-order chi connectivity index (χ1) is 18.6. The van der Waals surface area contributed by atoms with Crippen molar-refractivity contribution in [2.24, 2.45) is 5.41 Å². The maximum atomic E-state index is 16.7. The number of sulfone groups is 1. The Hall–Kier alpha value is -3.72. The molecular formula is C30H26F3N3O2S. The van der Waals surface area contributed by atoms with Crippen molar-refractivity contribution >= 4 is 15.9 Å². The summed E-state index contributed by atoms with van der Waals surface area (Å²) in [5.41, 5.74) is 1.03. The molecule has 2 aromatic carbocycles. The Labute approximate surface area is 224 Å². The van der Waals surface area contributed by atoms with Crippen molar-refractivity contribution in [3.8, 4) is 5.69 Å². The van der Waals surface area contributed by atoms with Crippen molar-refractivity contribution in [2.75, 3.05) is 0 Å². The summed E-state index contributed by atoms with van der Waals surface area (Å²) in [6.45, 7) is 1.86. The molecule has 200 valence electrons. The maximum absolute atomic E-state index is 16.7. The van der Waals surface area contributed by atoms with Gasteiger partial charge < -0.3 is 0 Å². The smallest absolute Gasteiger partial charge is 0.255 e. The zero-order valence-electron chi connectivity index (χ0n) is 21.2. The molecule has 39 heavy (non-hydrogen) atoms. The summed E-state index contributed by atoms with van der Waals surface area (Å²) in [7, 11) is -3.87. The Morgan fingerprint density at radius 2 is 1.77 bits per heavy atom. The normalized spacial score (nSPS) is 21.1. The number of allylic oxidation sites excluding steroid dienone is 1. The van der Waals surface area contributed by atoms with Crippen molar-refractivity contribution in [2.45, 2.75) is 48.7 Å². The van der Waals surface area contributed by atoms with Crippen LogP contribution in [0.15, 0.2) is 89.6 Å². The SMILES string of the molecule is Cc1ccc(S(=O)(=O)[C@@H]2CCC3=Cc4c(cnn4-c4ccc(F)cc4)C[C@]3(C(F)(F)c3ccccn3)C2)cc1. The summed E-state index contributed by atoms with van der Waals surface area (Å²) in [6, 6.07) is 16.7. The molecule has 2 heterocycles. The Morgan fingerprint density at radius 3 is 2.46 bits per heavy atom. The van der Waals surface area contributed by atoms with Crippen LogP contribution in [0.3, 0.4) is 0 Å². The number of benzene rings is 2. The molecule has 0 amide bonds. The van der Waals surface area contributed by atoms with Crippen LogP contribution in [0.4, 0.5) is 13.2 Å². The van der Waals surface area contributed by atoms with Gasteiger partial charge in [0.05, 0.1) is 33.1 Å². The van der Waals surface area contributed by atoms with Crippen molar-refractivity contribution in [3.05, 3.63) is 113 Å². The molecule has 0 N–H and O–H groups in total. The van der Waals surface area contributed by atoms with Crippen LogP contribution in [-0.4, -0.2) is 28.4 Å². The molecule has 2 atom stereocenters. The molecule has 4 aromatic rings. The fraction of sp³-hybridized carbons (Fsp3) is 0.267. The van der Waals surface area contributed by atoms with Gasteiger partial charge in [0.1, 0.15) is 11.5 Å². The van der Waals surface area contributed by atoms with Crippen LogP contribution in [0, 0.1) is 18.2 Å². The highest BCUT2D eigenvalue weighted by Crippen LogP contribution is 2.60. The summed E-state index contributed by atoms with van der Waals surface area (Å²) in [5.74, 6) is -3.84. The second kappa shape index (κ2) is 9.19. The Bertz CT molecular complexity index is 1660. The molecule has 1 saturated carbocycles. The van der Waals surface area contributed by atoms with Crippen LogP contribution in [0.25, 0.3) is 11.8 Å². The van der Waals surface area contributed by atoms with Crippen molar-refractivity contribution in [1.82, 2.24) is 14.8 Å². The number of aromatic nitrogens is 3. The molecule has 0 spiro atoms. The van der Waals surface area contributed by atoms with Gasteiger partial charge >= 0.3 is 0 Å². The molecule has 2 aliphatic carbocycles. The summed E-state index contributed by atoms with van der Waals surface area (Å²) >= 11 is 0. The number of hydrogen-bond acceptors (Lipinski definition) is 4. The van der Waals surface area contributed by atoms with Gasteiger partial charge in [-0.05, 0) is 92.8 Å². The van der Waals surface area contributed by atoms with E-state index in [9.17, 15) is 12.8 Å². The highest BCUT2D eigenvalue weighted by Gasteiger charge is 2.62. The van der Waals surface area contributed by atoms with Gasteiger partial charge in [0.2, 0.25) is 0 Å². The lowest BCUT2D eigenvalue weighted by Gasteiger charge is -2.48. The van der Waals surface area contributed by atoms with Crippen LogP contribution in [0.1, 0.15) is 41.8 Å². The molecule has 0 saturated heterocycles. The fourth-order valence-electron chi connectivity index (χ4n) is 5.95. The largest absolute Gasteiger partial charge is 0.299 e. The number of nitrogens with zero attached hydrogens (tertiary/aromatic N) is 3. The lowest BCUT2D eigenvalue weighted by molar-refractivity contribution is -0.125. The van der Waals surface area contributed by atoms with Crippen LogP contribution in [0.2, 0.25) is 0 Å². The van der Waals surface area contributed by atoms with E-state index >= 15 is 8.78 Å². The van der Waals surface area contributed by atoms with Crippen molar-refractivity contribution in [1.29, 1.82) is 0 Å². The monoisotopic (exact) mass is 549 g/mol. The molecule has 9 heteroatoms. The number of alkyl halides is 2. The lowest BCUT2D eigenvalue weighted by atomic mass is 9.60. The standard InChI is InChI=1S/C30H26F3N3O2S/c1-20-5-12-25(13-6-20)39(37,38)26-14-7-22-16-27-21(19-35-36(27)24-10-8-23(31)9-11-24)17-29(22,18-26)30(32,33)28-4-2-3-15-34-28/h2-6,8-13,15-16,19,26H,7,14,17-18H2,1H3/t26-,29+/m1/s1. The first-order valence-electron chi connectivity index (χ1n) is 12.8. The van der Waals surface area contributed by atoms with Crippen molar-refractivity contribution in [3.63, 3.8) is 0 Å². The van der Waals surface area contributed by atoms with Crippen LogP contribution in [-0.2, 0) is 22.2 Å². The second-order valence-corrected chi connectivity index (χ2v) is 12.6. The van der Waals surface area contributed by atoms with Gasteiger partial charge in [-0.15, -0.1) is 0 Å². The molecule has 0 unspecified atom stereocenters. The van der Waals surface area contributed by atoms with Gasteiger partial charge in [0.15, 0.2) is 9.84 Å². The van der Waals surface area contributed by atoms with Gasteiger partial charge in [-0.25, -0.2) is 17.5 Å². The molecule has 0 aliphatic heterocycles. The molecule has 6 rings (SSSR count). The van der Waals surface area contributed by atoms with E-state index in [-0.39, 0.29) is 36.4 Å². The molecule has 1 fully saturated rings. The molecular weight excluding hydrogens is 523 g/mol. The predicted molar refractivity (Wildman–Crippen MR) is 142 cm³/mol. The molecule has 2 aliphatic rings. The topological polar surface area (TPSA) is 64.8 Å². The van der Waals surface area contributed by atoms with E-state index < -0.39 is 32.1 Å². The lowest BCUT2D eigenvalue weighted by Crippen LogP contribution is -2.50. The number of rotatable bonds is 5. The van der Waals surface area contributed by atoms with E-state index in [1.165, 1.54) is 30.5 Å². The Balaban J connectivity index is 1.48. The third-order valence-corrected chi connectivity index (χ3v) is 10.3. The highest BCUT2D eigenvalue weighted by atomic mass is 32.2. The molecule has 2 aromatic heterocycles. The summed E-state index contributed by atoms with van der Waals surface area (Å²) in [5, 5.41) is 3.45. The fourth-order valence-corrected chi connectivity index (χ4v) is 7.79. The van der Waals surface area contributed by atoms with Gasteiger partial charge in [0.25, 0.3) is 5.92 Å². The van der Waals surface area contributed by atoms with Gasteiger partial charge in [-0.3, -0.25) is 4.98 Å². The number of aryl methyl sites for hydroxylation is 1. The zero-order chi connectivity index (χ0) is 27.4. The van der Waals surface area contributed by atoms with E-state index in [0.29, 0.717) is 22.5 Å². The van der Waals surface area contributed by atoms with E-state index in [2.05, 4.69) is 10.1 Å². The van der Waals surface area contributed by atoms with E-state index in [0.717, 1.165) is 5.56 Å². The summed E-state index contributed by atoms with van der Waals surface area (Å²) in [6.07, 6.45) is 4.65. The second-order valence-electron chi connectivity index (χ2n) is 10.4. The number of pyridine rings is 1. The van der Waals surface area contributed by atoms with E-state index in [4.69, 9.17) is 0 Å². The minimum Gasteiger partial charge on any atom is -0.255 e. The zero-order valence-corrected chi connectivity index (χ0v) is 22.0. The first kappa shape index (κ1) is 25.6. The van der Waals surface area contributed by atoms with Gasteiger partial charge in [-0.1, -0.05) is 29.3 Å². The minimum atomic E-state index is -3.87. The third kappa shape index (κ3) is 4.11. The van der Waals surface area contributed by atoms with Crippen LogP contribution < -0.4 is 0 Å². The van der Waals surface area contributed by atoms with Crippen molar-refractivity contribution < 1.29 is 21.6 Å². The van der Waals surface area contributed by atoms with Gasteiger partial charge in [-0.2, -0.15) is 13.9 Å². The number of fused-ring (bicyclic) bond motifs is 2. The van der Waals surface area contributed by atoms with E-state index in [1.807, 2.05) is 6.92 Å². The molecule has 5 nitrogen and oxygen atoms in total. The summed E-state index contributed by atoms with van der Waals surface area (Å²) in [4.78, 5) is 4.14. The van der Waals surface area contributed by atoms with Crippen LogP contribution in [0.5, 0.6) is 0 Å². The minimum absolute atomic E-state index is 0.0984. The summed E-state index contributed by atoms with van der Waals surface area (Å²) < 4.78 is 75.9. The number of halogens is 3. The first-order valence-corrected chi connectivity index (χ1v) is 14.3. The molecule has 0 bridgehead atoms. The quantitative estimate of drug-likeness (QED) is 0.287. The predicted octanol–water partition coefficient (Wildman–Crippen LogP) is 6.46. The molecule has 0 radical (unpaired) electrons. The van der Waals surface area contributed by atoms with Crippen LogP contribution >= 0.6 is 0 Å². The Morgan fingerprint density at radius 1 is 1.03 bits per heavy atom. The maximum Gasteiger partial charge on any atom is 0.299 e. The van der Waals surface area contributed by atoms with Gasteiger partial charge in [0, 0.05) is 6.20 Å². The average molecular weight is 550 g/mol.